The van der Waals surface area contributed by atoms with Crippen LogP contribution in [0.3, 0.4) is 0 Å². The van der Waals surface area contributed by atoms with Crippen molar-refractivity contribution in [2.45, 2.75) is 39.2 Å². The van der Waals surface area contributed by atoms with Crippen molar-refractivity contribution in [3.05, 3.63) is 56.4 Å². The largest absolute Gasteiger partial charge is 0.366 e. The summed E-state index contributed by atoms with van der Waals surface area (Å²) in [5.41, 5.74) is 6.92. The Bertz CT molecular complexity index is 1180. The maximum Gasteiger partial charge on any atom is 0.268 e. The average Bonchev–Trinajstić information content (AvgIpc) is 2.88. The Labute approximate surface area is 171 Å². The summed E-state index contributed by atoms with van der Waals surface area (Å²) < 4.78 is 1.77. The van der Waals surface area contributed by atoms with Crippen molar-refractivity contribution in [3.8, 4) is 0 Å². The molecule has 3 aromatic rings. The average molecular weight is 410 g/mol. The fourth-order valence-corrected chi connectivity index (χ4v) is 4.90. The lowest BCUT2D eigenvalue weighted by Gasteiger charge is -2.17. The van der Waals surface area contributed by atoms with Gasteiger partial charge >= 0.3 is 0 Å². The Morgan fingerprint density at radius 1 is 1.17 bits per heavy atom. The van der Waals surface area contributed by atoms with E-state index in [1.807, 2.05) is 6.92 Å². The van der Waals surface area contributed by atoms with E-state index in [9.17, 15) is 14.4 Å². The molecule has 3 heterocycles. The number of aromatic nitrogens is 2. The van der Waals surface area contributed by atoms with Crippen LogP contribution in [0.2, 0.25) is 0 Å². The van der Waals surface area contributed by atoms with Gasteiger partial charge in [-0.05, 0) is 49.6 Å². The number of primary amides is 1. The first kappa shape index (κ1) is 19.3. The van der Waals surface area contributed by atoms with E-state index in [4.69, 9.17) is 10.7 Å². The molecule has 0 atom stereocenters. The molecule has 0 aliphatic carbocycles. The van der Waals surface area contributed by atoms with Gasteiger partial charge in [0.2, 0.25) is 5.91 Å². The van der Waals surface area contributed by atoms with Gasteiger partial charge in [-0.1, -0.05) is 6.42 Å². The Morgan fingerprint density at radius 3 is 2.59 bits per heavy atom. The van der Waals surface area contributed by atoms with Gasteiger partial charge in [-0.3, -0.25) is 19.0 Å². The number of rotatable bonds is 3. The SMILES string of the molecule is Cc1c(C(=O)N(C)c2ccc(C(N)=O)cc2)sc2nc3n(c(=O)c12)CCCCC3. The molecule has 0 radical (unpaired) electrons. The standard InChI is InChI=1S/C21H22N4O3S/c1-12-16-19(23-15-6-4-3-5-11-25(15)20(16)27)29-17(12)21(28)24(2)14-9-7-13(8-10-14)18(22)26/h7-10H,3-6,11H2,1-2H3,(H2,22,26). The van der Waals surface area contributed by atoms with E-state index < -0.39 is 5.91 Å². The summed E-state index contributed by atoms with van der Waals surface area (Å²) >= 11 is 1.27. The van der Waals surface area contributed by atoms with Crippen LogP contribution in [0.25, 0.3) is 10.2 Å². The first-order valence-electron chi connectivity index (χ1n) is 9.59. The van der Waals surface area contributed by atoms with Crippen molar-refractivity contribution in [1.82, 2.24) is 9.55 Å². The molecule has 2 amide bonds. The molecule has 8 heteroatoms. The monoisotopic (exact) mass is 410 g/mol. The van der Waals surface area contributed by atoms with Gasteiger partial charge in [0.05, 0.1) is 10.3 Å². The van der Waals surface area contributed by atoms with Crippen LogP contribution in [0, 0.1) is 6.92 Å². The molecule has 0 saturated heterocycles. The quantitative estimate of drug-likeness (QED) is 0.718. The number of amides is 2. The third kappa shape index (κ3) is 3.33. The highest BCUT2D eigenvalue weighted by Gasteiger charge is 2.24. The fourth-order valence-electron chi connectivity index (χ4n) is 3.73. The van der Waals surface area contributed by atoms with Gasteiger partial charge < -0.3 is 10.6 Å². The van der Waals surface area contributed by atoms with Crippen molar-refractivity contribution in [1.29, 1.82) is 0 Å². The highest BCUT2D eigenvalue weighted by atomic mass is 32.1. The number of thiophene rings is 1. The highest BCUT2D eigenvalue weighted by molar-refractivity contribution is 7.20. The van der Waals surface area contributed by atoms with Crippen molar-refractivity contribution in [2.75, 3.05) is 11.9 Å². The number of anilines is 1. The van der Waals surface area contributed by atoms with E-state index in [0.717, 1.165) is 31.5 Å². The third-order valence-corrected chi connectivity index (χ3v) is 6.62. The van der Waals surface area contributed by atoms with Gasteiger partial charge in [0.25, 0.3) is 11.5 Å². The van der Waals surface area contributed by atoms with Crippen LogP contribution in [0.5, 0.6) is 0 Å². The molecular weight excluding hydrogens is 388 g/mol. The first-order valence-corrected chi connectivity index (χ1v) is 10.4. The summed E-state index contributed by atoms with van der Waals surface area (Å²) in [5.74, 6) is 0.0877. The second kappa shape index (κ2) is 7.44. The number of carbonyl (C=O) groups excluding carboxylic acids is 2. The van der Waals surface area contributed by atoms with Gasteiger partial charge in [0.1, 0.15) is 10.7 Å². The van der Waals surface area contributed by atoms with E-state index in [1.54, 1.807) is 35.9 Å². The topological polar surface area (TPSA) is 98.3 Å². The van der Waals surface area contributed by atoms with Crippen LogP contribution in [-0.4, -0.2) is 28.4 Å². The molecule has 1 aliphatic heterocycles. The summed E-state index contributed by atoms with van der Waals surface area (Å²) in [4.78, 5) is 44.8. The number of nitrogens with zero attached hydrogens (tertiary/aromatic N) is 3. The van der Waals surface area contributed by atoms with Crippen LogP contribution < -0.4 is 16.2 Å². The van der Waals surface area contributed by atoms with Gasteiger partial charge in [-0.15, -0.1) is 11.3 Å². The lowest BCUT2D eigenvalue weighted by molar-refractivity contribution is 0.0991. The van der Waals surface area contributed by atoms with E-state index in [2.05, 4.69) is 0 Å². The molecule has 1 aromatic carbocycles. The molecule has 1 aliphatic rings. The lowest BCUT2D eigenvalue weighted by Crippen LogP contribution is -2.26. The van der Waals surface area contributed by atoms with Crippen LogP contribution in [0.4, 0.5) is 5.69 Å². The van der Waals surface area contributed by atoms with Crippen molar-refractivity contribution in [3.63, 3.8) is 0 Å². The summed E-state index contributed by atoms with van der Waals surface area (Å²) in [6, 6.07) is 6.53. The number of hydrogen-bond acceptors (Lipinski definition) is 5. The zero-order chi connectivity index (χ0) is 20.7. The molecular formula is C21H22N4O3S. The molecule has 150 valence electrons. The Kier molecular flexibility index (Phi) is 4.96. The fraction of sp³-hybridized carbons (Fsp3) is 0.333. The van der Waals surface area contributed by atoms with Crippen LogP contribution >= 0.6 is 11.3 Å². The Hall–Kier alpha value is -3.00. The second-order valence-electron chi connectivity index (χ2n) is 7.31. The molecule has 0 bridgehead atoms. The molecule has 2 aromatic heterocycles. The molecule has 0 saturated carbocycles. The first-order chi connectivity index (χ1) is 13.9. The zero-order valence-corrected chi connectivity index (χ0v) is 17.2. The molecule has 2 N–H and O–H groups in total. The minimum Gasteiger partial charge on any atom is -0.366 e. The Morgan fingerprint density at radius 2 is 1.90 bits per heavy atom. The minimum absolute atomic E-state index is 0.0480. The van der Waals surface area contributed by atoms with Crippen LogP contribution in [-0.2, 0) is 13.0 Å². The molecule has 0 fully saturated rings. The molecule has 7 nitrogen and oxygen atoms in total. The van der Waals surface area contributed by atoms with E-state index in [-0.39, 0.29) is 11.5 Å². The second-order valence-corrected chi connectivity index (χ2v) is 8.31. The number of benzene rings is 1. The van der Waals surface area contributed by atoms with Gasteiger partial charge in [0.15, 0.2) is 0 Å². The van der Waals surface area contributed by atoms with Crippen LogP contribution in [0.15, 0.2) is 29.1 Å². The number of carbonyl (C=O) groups is 2. The number of hydrogen-bond donors (Lipinski definition) is 1. The number of aryl methyl sites for hydroxylation is 2. The van der Waals surface area contributed by atoms with Crippen molar-refractivity contribution >= 4 is 39.1 Å². The van der Waals surface area contributed by atoms with Gasteiger partial charge in [-0.25, -0.2) is 4.98 Å². The normalized spacial score (nSPS) is 13.7. The molecule has 0 unspecified atom stereocenters. The summed E-state index contributed by atoms with van der Waals surface area (Å²) in [6.45, 7) is 2.49. The maximum absolute atomic E-state index is 13.2. The number of fused-ring (bicyclic) bond motifs is 2. The highest BCUT2D eigenvalue weighted by Crippen LogP contribution is 2.30. The van der Waals surface area contributed by atoms with Gasteiger partial charge in [0, 0.05) is 31.3 Å². The molecule has 0 spiro atoms. The van der Waals surface area contributed by atoms with E-state index in [1.165, 1.54) is 16.2 Å². The Balaban J connectivity index is 1.74. The van der Waals surface area contributed by atoms with E-state index >= 15 is 0 Å². The van der Waals surface area contributed by atoms with Crippen molar-refractivity contribution in [2.24, 2.45) is 5.73 Å². The predicted molar refractivity (Wildman–Crippen MR) is 114 cm³/mol. The third-order valence-electron chi connectivity index (χ3n) is 5.45. The van der Waals surface area contributed by atoms with Gasteiger partial charge in [-0.2, -0.15) is 0 Å². The zero-order valence-electron chi connectivity index (χ0n) is 16.4. The van der Waals surface area contributed by atoms with Crippen LogP contribution in [0.1, 0.15) is 50.7 Å². The summed E-state index contributed by atoms with van der Waals surface area (Å²) in [6.07, 6.45) is 3.88. The molecule has 4 rings (SSSR count). The maximum atomic E-state index is 13.2. The summed E-state index contributed by atoms with van der Waals surface area (Å²) in [5, 5.41) is 0.543. The lowest BCUT2D eigenvalue weighted by atomic mass is 10.1. The minimum atomic E-state index is -0.516. The molecule has 29 heavy (non-hydrogen) atoms. The van der Waals surface area contributed by atoms with Crippen molar-refractivity contribution < 1.29 is 9.59 Å². The summed E-state index contributed by atoms with van der Waals surface area (Å²) in [7, 11) is 1.67. The predicted octanol–water partition coefficient (Wildman–Crippen LogP) is 2.87. The van der Waals surface area contributed by atoms with E-state index in [0.29, 0.717) is 38.5 Å². The number of nitrogens with two attached hydrogens (primary N) is 1. The smallest absolute Gasteiger partial charge is 0.268 e.